The van der Waals surface area contributed by atoms with Crippen molar-refractivity contribution in [2.75, 3.05) is 63.9 Å². The lowest BCUT2D eigenvalue weighted by Gasteiger charge is -2.34. The van der Waals surface area contributed by atoms with E-state index < -0.39 is 5.60 Å². The fourth-order valence-corrected chi connectivity index (χ4v) is 3.73. The highest BCUT2D eigenvalue weighted by atomic mass is 16.5. The SMILES string of the molecule is CCNC(=NCc1ccc(N2CCCC2)nc1)NCC(C)(O)CN1CCOCC1. The Balaban J connectivity index is 1.50. The lowest BCUT2D eigenvalue weighted by Crippen LogP contribution is -2.52. The maximum Gasteiger partial charge on any atom is 0.191 e. The Morgan fingerprint density at radius 2 is 1.97 bits per heavy atom. The summed E-state index contributed by atoms with van der Waals surface area (Å²) in [7, 11) is 0. The standard InChI is InChI=1S/C21H36N6O2/c1-3-22-20(25-16-21(2,28)17-26-10-12-29-13-11-26)24-15-18-6-7-19(23-14-18)27-8-4-5-9-27/h6-7,14,28H,3-5,8-13,15-17H2,1-2H3,(H2,22,24,25). The van der Waals surface area contributed by atoms with Crippen LogP contribution in [0.4, 0.5) is 5.82 Å². The van der Waals surface area contributed by atoms with Crippen LogP contribution in [0.25, 0.3) is 0 Å². The second kappa shape index (κ2) is 10.8. The summed E-state index contributed by atoms with van der Waals surface area (Å²) in [5.41, 5.74) is 0.233. The molecular weight excluding hydrogens is 368 g/mol. The smallest absolute Gasteiger partial charge is 0.191 e. The topological polar surface area (TPSA) is 85.2 Å². The van der Waals surface area contributed by atoms with E-state index in [0.29, 0.717) is 25.6 Å². The second-order valence-electron chi connectivity index (χ2n) is 8.15. The zero-order chi connectivity index (χ0) is 20.5. The van der Waals surface area contributed by atoms with Crippen LogP contribution in [0, 0.1) is 0 Å². The van der Waals surface area contributed by atoms with Crippen molar-refractivity contribution in [2.45, 2.75) is 38.8 Å². The quantitative estimate of drug-likeness (QED) is 0.437. The molecule has 0 amide bonds. The maximum atomic E-state index is 10.8. The number of aliphatic hydroxyl groups is 1. The van der Waals surface area contributed by atoms with Crippen LogP contribution in [0.15, 0.2) is 23.3 Å². The number of ether oxygens (including phenoxy) is 1. The van der Waals surface area contributed by atoms with Crippen LogP contribution < -0.4 is 15.5 Å². The minimum absolute atomic E-state index is 0.433. The van der Waals surface area contributed by atoms with E-state index in [4.69, 9.17) is 4.74 Å². The summed E-state index contributed by atoms with van der Waals surface area (Å²) in [5.74, 6) is 1.76. The van der Waals surface area contributed by atoms with Crippen LogP contribution in [-0.2, 0) is 11.3 Å². The number of β-amino-alcohol motifs (C(OH)–C–C–N with tert-alkyl or cyclic N) is 1. The fourth-order valence-electron chi connectivity index (χ4n) is 3.73. The van der Waals surface area contributed by atoms with Gasteiger partial charge in [0.25, 0.3) is 0 Å². The summed E-state index contributed by atoms with van der Waals surface area (Å²) in [4.78, 5) is 13.8. The molecule has 2 aliphatic heterocycles. The lowest BCUT2D eigenvalue weighted by molar-refractivity contribution is -0.0201. The number of rotatable bonds is 8. The zero-order valence-electron chi connectivity index (χ0n) is 17.9. The summed E-state index contributed by atoms with van der Waals surface area (Å²) in [6, 6.07) is 4.19. The van der Waals surface area contributed by atoms with E-state index in [1.54, 1.807) is 0 Å². The molecule has 0 saturated carbocycles. The average molecular weight is 405 g/mol. The number of anilines is 1. The molecule has 29 heavy (non-hydrogen) atoms. The Hall–Kier alpha value is -1.90. The molecule has 2 fully saturated rings. The number of aromatic nitrogens is 1. The first kappa shape index (κ1) is 21.8. The van der Waals surface area contributed by atoms with Crippen molar-refractivity contribution in [1.82, 2.24) is 20.5 Å². The number of aliphatic imine (C=N–C) groups is 1. The van der Waals surface area contributed by atoms with Crippen LogP contribution in [0.2, 0.25) is 0 Å². The normalized spacial score (nSPS) is 20.5. The third-order valence-electron chi connectivity index (χ3n) is 5.31. The monoisotopic (exact) mass is 404 g/mol. The maximum absolute atomic E-state index is 10.8. The highest BCUT2D eigenvalue weighted by Gasteiger charge is 2.25. The Bertz CT molecular complexity index is 637. The van der Waals surface area contributed by atoms with Crippen molar-refractivity contribution in [3.8, 4) is 0 Å². The van der Waals surface area contributed by atoms with Gasteiger partial charge in [0.05, 0.1) is 25.4 Å². The Morgan fingerprint density at radius 3 is 2.62 bits per heavy atom. The van der Waals surface area contributed by atoms with Crippen molar-refractivity contribution in [3.05, 3.63) is 23.9 Å². The van der Waals surface area contributed by atoms with Gasteiger partial charge in [-0.15, -0.1) is 0 Å². The predicted molar refractivity (Wildman–Crippen MR) is 116 cm³/mol. The van der Waals surface area contributed by atoms with Crippen LogP contribution in [0.3, 0.4) is 0 Å². The zero-order valence-corrected chi connectivity index (χ0v) is 17.9. The molecule has 8 heteroatoms. The van der Waals surface area contributed by atoms with Crippen molar-refractivity contribution in [3.63, 3.8) is 0 Å². The molecule has 1 aromatic heterocycles. The molecule has 1 aromatic rings. The van der Waals surface area contributed by atoms with E-state index in [0.717, 1.165) is 57.3 Å². The van der Waals surface area contributed by atoms with E-state index >= 15 is 0 Å². The predicted octanol–water partition coefficient (Wildman–Crippen LogP) is 0.820. The molecule has 162 valence electrons. The van der Waals surface area contributed by atoms with Gasteiger partial charge in [-0.05, 0) is 38.3 Å². The second-order valence-corrected chi connectivity index (χ2v) is 8.15. The first-order chi connectivity index (χ1) is 14.1. The molecule has 8 nitrogen and oxygen atoms in total. The molecule has 1 atom stereocenters. The van der Waals surface area contributed by atoms with Gasteiger partial charge in [-0.25, -0.2) is 9.98 Å². The number of guanidine groups is 1. The van der Waals surface area contributed by atoms with Crippen LogP contribution >= 0.6 is 0 Å². The van der Waals surface area contributed by atoms with Crippen LogP contribution in [0.5, 0.6) is 0 Å². The van der Waals surface area contributed by atoms with E-state index in [1.807, 2.05) is 20.0 Å². The molecule has 0 bridgehead atoms. The molecule has 0 radical (unpaired) electrons. The Kier molecular flexibility index (Phi) is 8.09. The summed E-state index contributed by atoms with van der Waals surface area (Å²) in [5, 5.41) is 17.3. The van der Waals surface area contributed by atoms with E-state index in [9.17, 15) is 5.11 Å². The minimum Gasteiger partial charge on any atom is -0.387 e. The van der Waals surface area contributed by atoms with Gasteiger partial charge in [-0.3, -0.25) is 4.90 Å². The number of nitrogens with one attached hydrogen (secondary N) is 2. The van der Waals surface area contributed by atoms with Crippen molar-refractivity contribution < 1.29 is 9.84 Å². The average Bonchev–Trinajstić information content (AvgIpc) is 3.26. The Labute approximate surface area is 174 Å². The van der Waals surface area contributed by atoms with E-state index in [1.165, 1.54) is 12.8 Å². The van der Waals surface area contributed by atoms with E-state index in [2.05, 4.69) is 42.5 Å². The number of hydrogen-bond acceptors (Lipinski definition) is 6. The van der Waals surface area contributed by atoms with Gasteiger partial charge in [0, 0.05) is 52.0 Å². The molecule has 2 saturated heterocycles. The third kappa shape index (κ3) is 7.13. The third-order valence-corrected chi connectivity index (χ3v) is 5.31. The summed E-state index contributed by atoms with van der Waals surface area (Å²) >= 11 is 0. The first-order valence-electron chi connectivity index (χ1n) is 10.8. The number of morpholine rings is 1. The molecular formula is C21H36N6O2. The molecule has 2 aliphatic rings. The largest absolute Gasteiger partial charge is 0.387 e. The highest BCUT2D eigenvalue weighted by molar-refractivity contribution is 5.79. The Morgan fingerprint density at radius 1 is 1.21 bits per heavy atom. The summed E-state index contributed by atoms with van der Waals surface area (Å²) in [6.45, 7) is 11.7. The van der Waals surface area contributed by atoms with Gasteiger partial charge in [-0.1, -0.05) is 6.07 Å². The first-order valence-corrected chi connectivity index (χ1v) is 10.8. The number of nitrogens with zero attached hydrogens (tertiary/aromatic N) is 4. The molecule has 3 rings (SSSR count). The summed E-state index contributed by atoms with van der Waals surface area (Å²) < 4.78 is 5.38. The van der Waals surface area contributed by atoms with Gasteiger partial charge >= 0.3 is 0 Å². The molecule has 0 spiro atoms. The summed E-state index contributed by atoms with van der Waals surface area (Å²) in [6.07, 6.45) is 4.41. The van der Waals surface area contributed by atoms with Crippen molar-refractivity contribution >= 4 is 11.8 Å². The van der Waals surface area contributed by atoms with Gasteiger partial charge < -0.3 is 25.4 Å². The molecule has 3 N–H and O–H groups in total. The van der Waals surface area contributed by atoms with Gasteiger partial charge in [0.2, 0.25) is 0 Å². The van der Waals surface area contributed by atoms with Crippen molar-refractivity contribution in [1.29, 1.82) is 0 Å². The number of hydrogen-bond donors (Lipinski definition) is 3. The minimum atomic E-state index is -0.841. The van der Waals surface area contributed by atoms with Crippen LogP contribution in [0.1, 0.15) is 32.3 Å². The molecule has 0 aliphatic carbocycles. The highest BCUT2D eigenvalue weighted by Crippen LogP contribution is 2.17. The fraction of sp³-hybridized carbons (Fsp3) is 0.714. The molecule has 3 heterocycles. The van der Waals surface area contributed by atoms with Gasteiger partial charge in [0.15, 0.2) is 5.96 Å². The van der Waals surface area contributed by atoms with Gasteiger partial charge in [-0.2, -0.15) is 0 Å². The molecule has 0 aromatic carbocycles. The van der Waals surface area contributed by atoms with Gasteiger partial charge in [0.1, 0.15) is 5.82 Å². The number of pyridine rings is 1. The van der Waals surface area contributed by atoms with E-state index in [-0.39, 0.29) is 0 Å². The van der Waals surface area contributed by atoms with Crippen molar-refractivity contribution in [2.24, 2.45) is 4.99 Å². The van der Waals surface area contributed by atoms with Crippen LogP contribution in [-0.4, -0.2) is 85.6 Å². The molecule has 1 unspecified atom stereocenters. The lowest BCUT2D eigenvalue weighted by atomic mass is 10.1.